The molecule has 18 heavy (non-hydrogen) atoms. The van der Waals surface area contributed by atoms with Gasteiger partial charge in [-0.25, -0.2) is 0 Å². The van der Waals surface area contributed by atoms with E-state index in [0.717, 1.165) is 5.56 Å². The summed E-state index contributed by atoms with van der Waals surface area (Å²) in [7, 11) is 0. The van der Waals surface area contributed by atoms with Gasteiger partial charge in [-0.2, -0.15) is 0 Å². The molecule has 4 nitrogen and oxygen atoms in total. The molecule has 4 heteroatoms. The molecule has 0 radical (unpaired) electrons. The normalized spacial score (nSPS) is 21.3. The number of rotatable bonds is 2. The van der Waals surface area contributed by atoms with Gasteiger partial charge in [0.25, 0.3) is 5.91 Å². The zero-order chi connectivity index (χ0) is 13.1. The Bertz CT molecular complexity index is 503. The first-order valence-electron chi connectivity index (χ1n) is 5.93. The van der Waals surface area contributed by atoms with Crippen molar-refractivity contribution in [1.82, 2.24) is 10.6 Å². The lowest BCUT2D eigenvalue weighted by Gasteiger charge is -2.23. The van der Waals surface area contributed by atoms with Gasteiger partial charge in [0.15, 0.2) is 5.78 Å². The first kappa shape index (κ1) is 12.4. The third-order valence-corrected chi connectivity index (χ3v) is 2.83. The number of carbonyl (C=O) groups is 2. The van der Waals surface area contributed by atoms with Crippen LogP contribution >= 0.6 is 0 Å². The topological polar surface area (TPSA) is 58.2 Å². The molecule has 0 spiro atoms. The minimum atomic E-state index is -0.228. The van der Waals surface area contributed by atoms with Crippen molar-refractivity contribution in [2.45, 2.75) is 19.9 Å². The average molecular weight is 244 g/mol. The van der Waals surface area contributed by atoms with E-state index in [1.807, 2.05) is 26.0 Å². The second kappa shape index (κ2) is 5.04. The predicted octanol–water partition coefficient (Wildman–Crippen LogP) is 1.17. The van der Waals surface area contributed by atoms with E-state index in [1.54, 1.807) is 12.1 Å². The number of carbonyl (C=O) groups excluding carboxylic acids is 2. The van der Waals surface area contributed by atoms with E-state index >= 15 is 0 Å². The van der Waals surface area contributed by atoms with Gasteiger partial charge in [0.1, 0.15) is 5.70 Å². The molecule has 0 aromatic heterocycles. The average Bonchev–Trinajstić information content (AvgIpc) is 2.33. The number of aryl methyl sites for hydroxylation is 1. The Hall–Kier alpha value is -2.10. The molecule has 2 N–H and O–H groups in total. The monoisotopic (exact) mass is 244 g/mol. The summed E-state index contributed by atoms with van der Waals surface area (Å²) in [6.45, 7) is 4.51. The number of allylic oxidation sites excluding steroid dienone is 1. The van der Waals surface area contributed by atoms with Gasteiger partial charge in [-0.1, -0.05) is 29.8 Å². The molecule has 0 aliphatic carbocycles. The third-order valence-electron chi connectivity index (χ3n) is 2.83. The van der Waals surface area contributed by atoms with E-state index < -0.39 is 0 Å². The van der Waals surface area contributed by atoms with Crippen LogP contribution in [0.4, 0.5) is 0 Å². The second-order valence-electron chi connectivity index (χ2n) is 4.54. The molecule has 0 saturated carbocycles. The van der Waals surface area contributed by atoms with E-state index in [4.69, 9.17) is 0 Å². The van der Waals surface area contributed by atoms with Gasteiger partial charge >= 0.3 is 0 Å². The summed E-state index contributed by atoms with van der Waals surface area (Å²) in [6.07, 6.45) is 1.35. The van der Waals surface area contributed by atoms with E-state index in [-0.39, 0.29) is 17.7 Å². The molecule has 1 amide bonds. The molecule has 2 rings (SSSR count). The number of piperazine rings is 1. The van der Waals surface area contributed by atoms with Crippen LogP contribution < -0.4 is 10.6 Å². The Morgan fingerprint density at radius 3 is 2.61 bits per heavy atom. The zero-order valence-corrected chi connectivity index (χ0v) is 10.5. The van der Waals surface area contributed by atoms with E-state index in [9.17, 15) is 9.59 Å². The molecule has 0 bridgehead atoms. The van der Waals surface area contributed by atoms with Crippen LogP contribution in [0.1, 0.15) is 22.8 Å². The highest BCUT2D eigenvalue weighted by Crippen LogP contribution is 2.07. The maximum Gasteiger partial charge on any atom is 0.267 e. The molecule has 1 heterocycles. The van der Waals surface area contributed by atoms with Crippen molar-refractivity contribution in [3.63, 3.8) is 0 Å². The summed E-state index contributed by atoms with van der Waals surface area (Å²) in [5.41, 5.74) is 2.02. The second-order valence-corrected chi connectivity index (χ2v) is 4.54. The highest BCUT2D eigenvalue weighted by atomic mass is 16.2. The molecule has 1 aliphatic rings. The first-order chi connectivity index (χ1) is 8.56. The standard InChI is InChI=1S/C14H16N2O2/c1-9-3-5-11(6-4-9)13(17)7-12-14(18)16-10(2)8-15-12/h3-7,10,15H,8H2,1-2H3,(H,16,18)/b12-7-/t10-/m0/s1. The van der Waals surface area contributed by atoms with Crippen molar-refractivity contribution in [2.24, 2.45) is 0 Å². The van der Waals surface area contributed by atoms with Crippen LogP contribution in [0.25, 0.3) is 0 Å². The molecule has 1 aromatic carbocycles. The van der Waals surface area contributed by atoms with Gasteiger partial charge in [0, 0.05) is 24.2 Å². The van der Waals surface area contributed by atoms with Crippen LogP contribution in [-0.2, 0) is 4.79 Å². The summed E-state index contributed by atoms with van der Waals surface area (Å²) in [5, 5.41) is 5.73. The maximum atomic E-state index is 12.0. The molecule has 94 valence electrons. The lowest BCUT2D eigenvalue weighted by atomic mass is 10.1. The van der Waals surface area contributed by atoms with E-state index in [1.165, 1.54) is 6.08 Å². The molecule has 0 unspecified atom stereocenters. The highest BCUT2D eigenvalue weighted by Gasteiger charge is 2.19. The van der Waals surface area contributed by atoms with Gasteiger partial charge in [-0.15, -0.1) is 0 Å². The Morgan fingerprint density at radius 1 is 1.33 bits per heavy atom. The van der Waals surface area contributed by atoms with Gasteiger partial charge in [0.2, 0.25) is 0 Å². The summed E-state index contributed by atoms with van der Waals surface area (Å²) in [6, 6.07) is 7.37. The first-order valence-corrected chi connectivity index (χ1v) is 5.93. The Balaban J connectivity index is 2.15. The van der Waals surface area contributed by atoms with Crippen LogP contribution in [0.2, 0.25) is 0 Å². The maximum absolute atomic E-state index is 12.0. The molecule has 1 atom stereocenters. The quantitative estimate of drug-likeness (QED) is 0.606. The highest BCUT2D eigenvalue weighted by molar-refractivity contribution is 6.09. The van der Waals surface area contributed by atoms with Gasteiger partial charge < -0.3 is 10.6 Å². The van der Waals surface area contributed by atoms with Gasteiger partial charge in [0.05, 0.1) is 0 Å². The lowest BCUT2D eigenvalue weighted by molar-refractivity contribution is -0.119. The summed E-state index contributed by atoms with van der Waals surface area (Å²) in [4.78, 5) is 23.6. The zero-order valence-electron chi connectivity index (χ0n) is 10.5. The van der Waals surface area contributed by atoms with Crippen LogP contribution in [0, 0.1) is 6.92 Å². The predicted molar refractivity (Wildman–Crippen MR) is 69.2 cm³/mol. The SMILES string of the molecule is Cc1ccc(C(=O)/C=C2\NC[C@H](C)NC2=O)cc1. The summed E-state index contributed by atoms with van der Waals surface area (Å²) in [5.74, 6) is -0.392. The number of hydrogen-bond acceptors (Lipinski definition) is 3. The minimum Gasteiger partial charge on any atom is -0.378 e. The molecule has 1 saturated heterocycles. The number of hydrogen-bond donors (Lipinski definition) is 2. The third kappa shape index (κ3) is 2.77. The van der Waals surface area contributed by atoms with Crippen LogP contribution in [0.5, 0.6) is 0 Å². The molecular formula is C14H16N2O2. The van der Waals surface area contributed by atoms with Crippen LogP contribution in [0.3, 0.4) is 0 Å². The fourth-order valence-electron chi connectivity index (χ4n) is 1.74. The van der Waals surface area contributed by atoms with Crippen molar-refractivity contribution < 1.29 is 9.59 Å². The van der Waals surface area contributed by atoms with Gasteiger partial charge in [-0.3, -0.25) is 9.59 Å². The Morgan fingerprint density at radius 2 is 2.00 bits per heavy atom. The van der Waals surface area contributed by atoms with Crippen LogP contribution in [0.15, 0.2) is 36.0 Å². The summed E-state index contributed by atoms with van der Waals surface area (Å²) >= 11 is 0. The molecular weight excluding hydrogens is 228 g/mol. The number of nitrogens with one attached hydrogen (secondary N) is 2. The molecule has 1 aliphatic heterocycles. The van der Waals surface area contributed by atoms with Crippen molar-refractivity contribution in [2.75, 3.05) is 6.54 Å². The van der Waals surface area contributed by atoms with Crippen molar-refractivity contribution >= 4 is 11.7 Å². The number of amides is 1. The van der Waals surface area contributed by atoms with Gasteiger partial charge in [-0.05, 0) is 13.8 Å². The molecule has 1 aromatic rings. The smallest absolute Gasteiger partial charge is 0.267 e. The van der Waals surface area contributed by atoms with E-state index in [2.05, 4.69) is 10.6 Å². The fourth-order valence-corrected chi connectivity index (χ4v) is 1.74. The van der Waals surface area contributed by atoms with Crippen LogP contribution in [-0.4, -0.2) is 24.3 Å². The number of benzene rings is 1. The Labute approximate surface area is 106 Å². The number of ketones is 1. The van der Waals surface area contributed by atoms with Crippen molar-refractivity contribution in [3.05, 3.63) is 47.2 Å². The Kier molecular flexibility index (Phi) is 3.46. The molecule has 1 fully saturated rings. The van der Waals surface area contributed by atoms with Crippen molar-refractivity contribution in [1.29, 1.82) is 0 Å². The largest absolute Gasteiger partial charge is 0.378 e. The minimum absolute atomic E-state index is 0.0872. The lowest BCUT2D eigenvalue weighted by Crippen LogP contribution is -2.49. The van der Waals surface area contributed by atoms with Crippen molar-refractivity contribution in [3.8, 4) is 0 Å². The summed E-state index contributed by atoms with van der Waals surface area (Å²) < 4.78 is 0. The fraction of sp³-hybridized carbons (Fsp3) is 0.286. The van der Waals surface area contributed by atoms with E-state index in [0.29, 0.717) is 17.8 Å².